The van der Waals surface area contributed by atoms with Crippen molar-refractivity contribution in [3.05, 3.63) is 28.3 Å². The summed E-state index contributed by atoms with van der Waals surface area (Å²) in [5.41, 5.74) is 3.23. The molecule has 1 aromatic carbocycles. The molecule has 1 aromatic rings. The predicted octanol–water partition coefficient (Wildman–Crippen LogP) is 4.35. The Labute approximate surface area is 128 Å². The Balaban J connectivity index is 3.37. The Kier molecular flexibility index (Phi) is 4.76. The van der Waals surface area contributed by atoms with E-state index in [1.807, 2.05) is 13.0 Å². The highest BCUT2D eigenvalue weighted by molar-refractivity contribution is 5.72. The van der Waals surface area contributed by atoms with Gasteiger partial charge in [0.2, 0.25) is 0 Å². The van der Waals surface area contributed by atoms with Gasteiger partial charge in [-0.3, -0.25) is 4.79 Å². The number of carboxylic acids is 1. The van der Waals surface area contributed by atoms with Crippen molar-refractivity contribution in [3.8, 4) is 5.75 Å². The molecule has 0 spiro atoms. The summed E-state index contributed by atoms with van der Waals surface area (Å²) in [4.78, 5) is 11.0. The minimum Gasteiger partial charge on any atom is -0.507 e. The summed E-state index contributed by atoms with van der Waals surface area (Å²) < 4.78 is 0. The maximum atomic E-state index is 11.0. The van der Waals surface area contributed by atoms with Gasteiger partial charge in [0, 0.05) is 5.56 Å². The average molecular weight is 292 g/mol. The molecule has 2 N–H and O–H groups in total. The summed E-state index contributed by atoms with van der Waals surface area (Å²) in [6.45, 7) is 14.5. The molecule has 0 radical (unpaired) electrons. The predicted molar refractivity (Wildman–Crippen MR) is 86.0 cm³/mol. The lowest BCUT2D eigenvalue weighted by Gasteiger charge is -2.34. The van der Waals surface area contributed by atoms with Crippen molar-refractivity contribution >= 4 is 5.97 Å². The maximum absolute atomic E-state index is 11.0. The average Bonchev–Trinajstić information content (AvgIpc) is 2.25. The van der Waals surface area contributed by atoms with Crippen LogP contribution in [0.1, 0.15) is 63.3 Å². The van der Waals surface area contributed by atoms with E-state index >= 15 is 0 Å². The van der Waals surface area contributed by atoms with Crippen molar-refractivity contribution in [3.63, 3.8) is 0 Å². The Hall–Kier alpha value is -1.51. The molecule has 21 heavy (non-hydrogen) atoms. The van der Waals surface area contributed by atoms with Crippen LogP contribution in [0.25, 0.3) is 0 Å². The van der Waals surface area contributed by atoms with E-state index in [4.69, 9.17) is 5.11 Å². The summed E-state index contributed by atoms with van der Waals surface area (Å²) >= 11 is 0. The van der Waals surface area contributed by atoms with E-state index in [-0.39, 0.29) is 23.0 Å². The third kappa shape index (κ3) is 4.23. The number of aliphatic carboxylic acids is 1. The highest BCUT2D eigenvalue weighted by Crippen LogP contribution is 2.42. The number of phenolic OH excluding ortho intramolecular Hbond substituents is 1. The first kappa shape index (κ1) is 17.5. The Morgan fingerprint density at radius 2 is 1.67 bits per heavy atom. The van der Waals surface area contributed by atoms with Crippen molar-refractivity contribution in [2.75, 3.05) is 0 Å². The van der Waals surface area contributed by atoms with E-state index in [0.717, 1.165) is 23.1 Å². The van der Waals surface area contributed by atoms with Crippen LogP contribution < -0.4 is 0 Å². The number of rotatable bonds is 4. The molecule has 0 saturated heterocycles. The lowest BCUT2D eigenvalue weighted by molar-refractivity contribution is -0.136. The summed E-state index contributed by atoms with van der Waals surface area (Å²) in [5.74, 6) is -0.631. The fourth-order valence-electron chi connectivity index (χ4n) is 3.37. The number of aromatic hydroxyl groups is 1. The van der Waals surface area contributed by atoms with E-state index in [2.05, 4.69) is 34.6 Å². The molecular formula is C18H28O3. The number of hydrogen-bond acceptors (Lipinski definition) is 2. The Morgan fingerprint density at radius 1 is 1.14 bits per heavy atom. The minimum absolute atomic E-state index is 0.0504. The topological polar surface area (TPSA) is 57.5 Å². The van der Waals surface area contributed by atoms with Gasteiger partial charge in [0.25, 0.3) is 0 Å². The van der Waals surface area contributed by atoms with Crippen molar-refractivity contribution in [2.45, 2.75) is 66.7 Å². The highest BCUT2D eigenvalue weighted by atomic mass is 16.4. The van der Waals surface area contributed by atoms with Gasteiger partial charge in [-0.25, -0.2) is 0 Å². The van der Waals surface area contributed by atoms with Crippen LogP contribution in [-0.4, -0.2) is 16.2 Å². The molecule has 0 heterocycles. The van der Waals surface area contributed by atoms with Gasteiger partial charge in [-0.15, -0.1) is 0 Å². The summed E-state index contributed by atoms with van der Waals surface area (Å²) in [6, 6.07) is 1.95. The molecule has 1 rings (SSSR count). The second-order valence-electron chi connectivity index (χ2n) is 7.89. The zero-order valence-electron chi connectivity index (χ0n) is 14.3. The SMILES string of the molecule is Cc1cc(C(C)(C)CC(C)(C)C)c(O)c(C)c1CC(=O)O. The van der Waals surface area contributed by atoms with Crippen LogP contribution in [0.5, 0.6) is 5.75 Å². The summed E-state index contributed by atoms with van der Waals surface area (Å²) in [7, 11) is 0. The smallest absolute Gasteiger partial charge is 0.307 e. The van der Waals surface area contributed by atoms with Crippen molar-refractivity contribution in [2.24, 2.45) is 5.41 Å². The largest absolute Gasteiger partial charge is 0.507 e. The first-order valence-electron chi connectivity index (χ1n) is 7.39. The van der Waals surface area contributed by atoms with Crippen LogP contribution in [0.2, 0.25) is 0 Å². The van der Waals surface area contributed by atoms with Gasteiger partial charge in [-0.05, 0) is 47.8 Å². The van der Waals surface area contributed by atoms with Gasteiger partial charge in [0.1, 0.15) is 5.75 Å². The zero-order valence-corrected chi connectivity index (χ0v) is 14.3. The van der Waals surface area contributed by atoms with E-state index in [1.54, 1.807) is 6.92 Å². The van der Waals surface area contributed by atoms with E-state index in [9.17, 15) is 9.90 Å². The van der Waals surface area contributed by atoms with Gasteiger partial charge < -0.3 is 10.2 Å². The van der Waals surface area contributed by atoms with Gasteiger partial charge in [-0.2, -0.15) is 0 Å². The van der Waals surface area contributed by atoms with E-state index < -0.39 is 5.97 Å². The van der Waals surface area contributed by atoms with Gasteiger partial charge in [-0.1, -0.05) is 40.7 Å². The fraction of sp³-hybridized carbons (Fsp3) is 0.611. The zero-order chi connectivity index (χ0) is 16.6. The molecule has 0 fully saturated rings. The number of carbonyl (C=O) groups is 1. The normalized spacial score (nSPS) is 12.5. The van der Waals surface area contributed by atoms with Gasteiger partial charge >= 0.3 is 5.97 Å². The molecule has 0 aromatic heterocycles. The first-order valence-corrected chi connectivity index (χ1v) is 7.39. The molecule has 0 unspecified atom stereocenters. The van der Waals surface area contributed by atoms with Crippen LogP contribution in [0.3, 0.4) is 0 Å². The molecule has 3 heteroatoms. The molecule has 0 atom stereocenters. The third-order valence-corrected chi connectivity index (χ3v) is 3.93. The number of benzene rings is 1. The van der Waals surface area contributed by atoms with Gasteiger partial charge in [0.15, 0.2) is 0 Å². The van der Waals surface area contributed by atoms with Crippen LogP contribution in [-0.2, 0) is 16.6 Å². The molecule has 0 saturated carbocycles. The number of aryl methyl sites for hydroxylation is 1. The molecule has 3 nitrogen and oxygen atoms in total. The maximum Gasteiger partial charge on any atom is 0.307 e. The second kappa shape index (κ2) is 5.70. The van der Waals surface area contributed by atoms with Crippen LogP contribution in [0.15, 0.2) is 6.07 Å². The lowest BCUT2D eigenvalue weighted by atomic mass is 9.71. The van der Waals surface area contributed by atoms with Crippen molar-refractivity contribution in [1.29, 1.82) is 0 Å². The molecular weight excluding hydrogens is 264 g/mol. The van der Waals surface area contributed by atoms with Crippen LogP contribution >= 0.6 is 0 Å². The highest BCUT2D eigenvalue weighted by Gasteiger charge is 2.31. The van der Waals surface area contributed by atoms with Crippen molar-refractivity contribution < 1.29 is 15.0 Å². The number of carboxylic acid groups (broad SMARTS) is 1. The van der Waals surface area contributed by atoms with Crippen LogP contribution in [0, 0.1) is 19.3 Å². The quantitative estimate of drug-likeness (QED) is 0.867. The van der Waals surface area contributed by atoms with E-state index in [1.165, 1.54) is 0 Å². The third-order valence-electron chi connectivity index (χ3n) is 3.93. The number of phenols is 1. The summed E-state index contributed by atoms with van der Waals surface area (Å²) in [5, 5.41) is 19.6. The standard InChI is InChI=1S/C18H28O3/c1-11-8-14(18(6,7)10-17(3,4)5)16(21)12(2)13(11)9-15(19)20/h8,21H,9-10H2,1-7H3,(H,19,20). The van der Waals surface area contributed by atoms with Gasteiger partial charge in [0.05, 0.1) is 6.42 Å². The molecule has 0 aliphatic carbocycles. The molecule has 0 bridgehead atoms. The monoisotopic (exact) mass is 292 g/mol. The fourth-order valence-corrected chi connectivity index (χ4v) is 3.37. The summed E-state index contributed by atoms with van der Waals surface area (Å²) in [6.07, 6.45) is 0.885. The molecule has 0 aliphatic rings. The second-order valence-corrected chi connectivity index (χ2v) is 7.89. The van der Waals surface area contributed by atoms with Crippen LogP contribution in [0.4, 0.5) is 0 Å². The Bertz CT molecular complexity index is 549. The molecule has 0 aliphatic heterocycles. The number of hydrogen-bond donors (Lipinski definition) is 2. The first-order chi connectivity index (χ1) is 9.35. The molecule has 0 amide bonds. The van der Waals surface area contributed by atoms with E-state index in [0.29, 0.717) is 5.56 Å². The lowest BCUT2D eigenvalue weighted by Crippen LogP contribution is -2.25. The Morgan fingerprint density at radius 3 is 2.10 bits per heavy atom. The van der Waals surface area contributed by atoms with Crippen molar-refractivity contribution in [1.82, 2.24) is 0 Å². The minimum atomic E-state index is -0.873. The molecule has 118 valence electrons.